The predicted molar refractivity (Wildman–Crippen MR) is 263 cm³/mol. The Morgan fingerprint density at radius 3 is 1.68 bits per heavy atom. The molecule has 0 unspecified atom stereocenters. The number of hydrogen-bond donors (Lipinski definition) is 0. The minimum atomic E-state index is 0.642. The molecule has 4 aromatic heterocycles. The van der Waals surface area contributed by atoms with Crippen molar-refractivity contribution in [1.82, 2.24) is 23.7 Å². The van der Waals surface area contributed by atoms with Gasteiger partial charge in [0.2, 0.25) is 5.95 Å². The molecule has 4 heterocycles. The molecular formula is C58H35N5. The van der Waals surface area contributed by atoms with Gasteiger partial charge >= 0.3 is 0 Å². The third kappa shape index (κ3) is 4.93. The van der Waals surface area contributed by atoms with Crippen molar-refractivity contribution in [1.29, 1.82) is 0 Å². The van der Waals surface area contributed by atoms with Gasteiger partial charge in [0, 0.05) is 60.0 Å². The van der Waals surface area contributed by atoms with Gasteiger partial charge in [0.05, 0.1) is 44.3 Å². The summed E-state index contributed by atoms with van der Waals surface area (Å²) in [5.41, 5.74) is 11.9. The molecule has 0 aliphatic heterocycles. The van der Waals surface area contributed by atoms with Crippen molar-refractivity contribution in [2.45, 2.75) is 0 Å². The first-order chi connectivity index (χ1) is 31.2. The first kappa shape index (κ1) is 34.2. The van der Waals surface area contributed by atoms with Crippen LogP contribution in [0.1, 0.15) is 0 Å². The molecule has 0 N–H and O–H groups in total. The summed E-state index contributed by atoms with van der Waals surface area (Å²) >= 11 is 0. The van der Waals surface area contributed by atoms with Crippen molar-refractivity contribution in [3.63, 3.8) is 0 Å². The van der Waals surface area contributed by atoms with Gasteiger partial charge in [-0.25, -0.2) is 9.97 Å². The van der Waals surface area contributed by atoms with Crippen LogP contribution in [0.25, 0.3) is 126 Å². The molecule has 14 aromatic rings. The summed E-state index contributed by atoms with van der Waals surface area (Å²) in [5.74, 6) is 0.642. The van der Waals surface area contributed by atoms with Crippen LogP contribution in [0.4, 0.5) is 0 Å². The molecule has 10 aromatic carbocycles. The van der Waals surface area contributed by atoms with Gasteiger partial charge in [-0.1, -0.05) is 146 Å². The number of fused-ring (bicyclic) bond motifs is 13. The summed E-state index contributed by atoms with van der Waals surface area (Å²) in [7, 11) is 0. The summed E-state index contributed by atoms with van der Waals surface area (Å²) in [5, 5.41) is 13.1. The zero-order chi connectivity index (χ0) is 41.2. The molecule has 0 atom stereocenters. The Bertz CT molecular complexity index is 4210. The van der Waals surface area contributed by atoms with E-state index in [1.807, 2.05) is 0 Å². The van der Waals surface area contributed by atoms with Crippen LogP contribution in [0.3, 0.4) is 0 Å². The van der Waals surface area contributed by atoms with Gasteiger partial charge in [-0.2, -0.15) is 0 Å². The van der Waals surface area contributed by atoms with Crippen molar-refractivity contribution in [2.75, 3.05) is 0 Å². The van der Waals surface area contributed by atoms with E-state index in [0.29, 0.717) is 5.95 Å². The van der Waals surface area contributed by atoms with Crippen molar-refractivity contribution in [2.24, 2.45) is 0 Å². The van der Waals surface area contributed by atoms with Gasteiger partial charge in [0.1, 0.15) is 0 Å². The quantitative estimate of drug-likeness (QED) is 0.178. The zero-order valence-corrected chi connectivity index (χ0v) is 33.9. The van der Waals surface area contributed by atoms with Crippen LogP contribution in [-0.2, 0) is 0 Å². The molecule has 0 saturated heterocycles. The molecule has 0 fully saturated rings. The van der Waals surface area contributed by atoms with E-state index in [-0.39, 0.29) is 0 Å². The largest absolute Gasteiger partial charge is 0.309 e. The maximum absolute atomic E-state index is 5.55. The molecule has 0 amide bonds. The van der Waals surface area contributed by atoms with E-state index < -0.39 is 0 Å². The summed E-state index contributed by atoms with van der Waals surface area (Å²) in [6.45, 7) is 0. The molecule has 5 heteroatoms. The molecule has 0 spiro atoms. The van der Waals surface area contributed by atoms with E-state index in [2.05, 4.69) is 226 Å². The smallest absolute Gasteiger partial charge is 0.235 e. The number of benzene rings is 10. The number of para-hydroxylation sites is 5. The molecule has 0 aliphatic rings. The molecule has 14 rings (SSSR count). The number of hydrogen-bond acceptors (Lipinski definition) is 2. The Balaban J connectivity index is 1.01. The Labute approximate surface area is 360 Å². The summed E-state index contributed by atoms with van der Waals surface area (Å²) in [4.78, 5) is 10.9. The van der Waals surface area contributed by atoms with E-state index in [0.717, 1.165) is 55.5 Å². The van der Waals surface area contributed by atoms with E-state index in [4.69, 9.17) is 9.97 Å². The third-order valence-corrected chi connectivity index (χ3v) is 13.2. The van der Waals surface area contributed by atoms with Crippen LogP contribution in [-0.4, -0.2) is 23.7 Å². The Kier molecular flexibility index (Phi) is 7.05. The SMILES string of the molecule is c1ccc(-n2c3ccccc3c3ccc(-c4nc(-n5c6ccccc6c6cc7ccc(-n8c9ccccc9c9ccc%10ccccc%10c98)cc7cc65)nc5ccccc45)cc32)cc1. The van der Waals surface area contributed by atoms with Crippen LogP contribution in [0.2, 0.25) is 0 Å². The number of aromatic nitrogens is 5. The van der Waals surface area contributed by atoms with Crippen LogP contribution >= 0.6 is 0 Å². The van der Waals surface area contributed by atoms with Crippen LogP contribution in [0.15, 0.2) is 212 Å². The van der Waals surface area contributed by atoms with Gasteiger partial charge in [-0.05, 0) is 82.9 Å². The minimum Gasteiger partial charge on any atom is -0.309 e. The highest BCUT2D eigenvalue weighted by Gasteiger charge is 2.21. The number of rotatable bonds is 4. The van der Waals surface area contributed by atoms with Crippen molar-refractivity contribution in [3.05, 3.63) is 212 Å². The second-order valence-electron chi connectivity index (χ2n) is 16.6. The highest BCUT2D eigenvalue weighted by Crippen LogP contribution is 2.41. The number of nitrogens with zero attached hydrogens (tertiary/aromatic N) is 5. The monoisotopic (exact) mass is 801 g/mol. The van der Waals surface area contributed by atoms with Crippen molar-refractivity contribution >= 4 is 97.9 Å². The second-order valence-corrected chi connectivity index (χ2v) is 16.6. The van der Waals surface area contributed by atoms with Crippen LogP contribution < -0.4 is 0 Å². The van der Waals surface area contributed by atoms with Gasteiger partial charge < -0.3 is 9.13 Å². The lowest BCUT2D eigenvalue weighted by molar-refractivity contribution is 1.01. The predicted octanol–water partition coefficient (Wildman–Crippen LogP) is 14.9. The summed E-state index contributed by atoms with van der Waals surface area (Å²) in [6.07, 6.45) is 0. The molecular weight excluding hydrogens is 767 g/mol. The Hall–Kier alpha value is -8.54. The first-order valence-electron chi connectivity index (χ1n) is 21.5. The topological polar surface area (TPSA) is 40.6 Å². The lowest BCUT2D eigenvalue weighted by atomic mass is 10.0. The van der Waals surface area contributed by atoms with E-state index in [9.17, 15) is 0 Å². The molecule has 63 heavy (non-hydrogen) atoms. The normalized spacial score (nSPS) is 12.1. The minimum absolute atomic E-state index is 0.642. The fourth-order valence-corrected chi connectivity index (χ4v) is 10.4. The lowest BCUT2D eigenvalue weighted by Crippen LogP contribution is -2.03. The van der Waals surface area contributed by atoms with Gasteiger partial charge in [-0.3, -0.25) is 4.57 Å². The summed E-state index contributed by atoms with van der Waals surface area (Å²) < 4.78 is 7.08. The first-order valence-corrected chi connectivity index (χ1v) is 21.5. The molecule has 0 radical (unpaired) electrons. The molecule has 5 nitrogen and oxygen atoms in total. The average molecular weight is 802 g/mol. The maximum atomic E-state index is 5.55. The van der Waals surface area contributed by atoms with Gasteiger partial charge in [0.25, 0.3) is 0 Å². The Morgan fingerprint density at radius 1 is 0.286 bits per heavy atom. The van der Waals surface area contributed by atoms with E-state index in [1.54, 1.807) is 0 Å². The lowest BCUT2D eigenvalue weighted by Gasteiger charge is -2.13. The standard InChI is InChI=1S/C58H35N5/c1-2-15-40(16-3-1)61-51-23-11-7-18-43(51)46-30-28-38(34-54(46)61)56-48-21-6-10-22-50(48)59-58(60-56)63-53-25-13-9-20-45(53)49-33-37-26-29-41(32-39(37)35-55(49)63)62-52-24-12-8-19-44(52)47-31-27-36-14-4-5-17-42(36)57(47)62/h1-35H. The highest BCUT2D eigenvalue weighted by molar-refractivity contribution is 6.19. The second kappa shape index (κ2) is 13.0. The van der Waals surface area contributed by atoms with Crippen molar-refractivity contribution in [3.8, 4) is 28.6 Å². The highest BCUT2D eigenvalue weighted by atomic mass is 15.2. The van der Waals surface area contributed by atoms with Gasteiger partial charge in [-0.15, -0.1) is 0 Å². The molecule has 0 aliphatic carbocycles. The summed E-state index contributed by atoms with van der Waals surface area (Å²) in [6, 6.07) is 76.7. The fraction of sp³-hybridized carbons (Fsp3) is 0. The fourth-order valence-electron chi connectivity index (χ4n) is 10.4. The maximum Gasteiger partial charge on any atom is 0.235 e. The van der Waals surface area contributed by atoms with Gasteiger partial charge in [0.15, 0.2) is 0 Å². The van der Waals surface area contributed by atoms with E-state index in [1.165, 1.54) is 65.0 Å². The zero-order valence-electron chi connectivity index (χ0n) is 33.9. The molecule has 292 valence electrons. The molecule has 0 bridgehead atoms. The van der Waals surface area contributed by atoms with Crippen molar-refractivity contribution < 1.29 is 0 Å². The average Bonchev–Trinajstić information content (AvgIpc) is 3.98. The molecule has 0 saturated carbocycles. The Morgan fingerprint density at radius 2 is 0.873 bits per heavy atom. The van der Waals surface area contributed by atoms with E-state index >= 15 is 0 Å². The third-order valence-electron chi connectivity index (χ3n) is 13.2. The van der Waals surface area contributed by atoms with Crippen LogP contribution in [0.5, 0.6) is 0 Å². The van der Waals surface area contributed by atoms with Crippen LogP contribution in [0, 0.1) is 0 Å².